The summed E-state index contributed by atoms with van der Waals surface area (Å²) < 4.78 is 0.962. The van der Waals surface area contributed by atoms with Crippen molar-refractivity contribution in [2.45, 2.75) is 116 Å². The maximum Gasteiger partial charge on any atom is 0.0113 e. The molecule has 0 aromatic rings. The number of rotatable bonds is 5. The lowest BCUT2D eigenvalue weighted by molar-refractivity contribution is -0.113. The van der Waals surface area contributed by atoms with Gasteiger partial charge in [-0.2, -0.15) is 0 Å². The first-order valence-electron chi connectivity index (χ1n) is 12.9. The summed E-state index contributed by atoms with van der Waals surface area (Å²) in [6, 6.07) is 0. The summed E-state index contributed by atoms with van der Waals surface area (Å²) in [5.41, 5.74) is 1.36. The Morgan fingerprint density at radius 2 is 1.54 bits per heavy atom. The van der Waals surface area contributed by atoms with Gasteiger partial charge in [0.05, 0.1) is 0 Å². The van der Waals surface area contributed by atoms with Gasteiger partial charge < -0.3 is 0 Å². The first-order chi connectivity index (χ1) is 13.3. The van der Waals surface area contributed by atoms with Crippen LogP contribution < -0.4 is 0 Å². The number of alkyl halides is 1. The van der Waals surface area contributed by atoms with Crippen molar-refractivity contribution in [3.8, 4) is 0 Å². The van der Waals surface area contributed by atoms with Crippen LogP contribution in [0.25, 0.3) is 0 Å². The molecule has 0 radical (unpaired) electrons. The highest BCUT2D eigenvalue weighted by Gasteiger charge is 2.60. The van der Waals surface area contributed by atoms with Crippen molar-refractivity contribution >= 4 is 22.6 Å². The summed E-state index contributed by atoms with van der Waals surface area (Å²) in [7, 11) is 0. The smallest absolute Gasteiger partial charge is 0.0113 e. The lowest BCUT2D eigenvalue weighted by atomic mass is 9.44. The van der Waals surface area contributed by atoms with E-state index in [2.05, 4.69) is 57.2 Å². The highest BCUT2D eigenvalue weighted by Crippen LogP contribution is 2.68. The molecule has 0 heterocycles. The molecular formula is C27H47I. The van der Waals surface area contributed by atoms with Crippen LogP contribution in [0.5, 0.6) is 0 Å². The highest BCUT2D eigenvalue weighted by molar-refractivity contribution is 14.1. The van der Waals surface area contributed by atoms with Crippen molar-refractivity contribution in [3.63, 3.8) is 0 Å². The topological polar surface area (TPSA) is 0 Å². The second-order valence-corrected chi connectivity index (χ2v) is 14.3. The molecule has 0 aromatic heterocycles. The van der Waals surface area contributed by atoms with Crippen molar-refractivity contribution < 1.29 is 0 Å². The van der Waals surface area contributed by atoms with Gasteiger partial charge in [0.1, 0.15) is 0 Å². The van der Waals surface area contributed by atoms with E-state index in [1.165, 1.54) is 38.5 Å². The molecule has 0 saturated heterocycles. The van der Waals surface area contributed by atoms with E-state index in [-0.39, 0.29) is 0 Å². The Morgan fingerprint density at radius 3 is 2.29 bits per heavy atom. The molecule has 0 aromatic carbocycles. The number of hydrogen-bond acceptors (Lipinski definition) is 0. The SMILES string of the molecule is CC(C)CCCC(C)[C@H]1CCC2C3CCC4C[C@H](I)CC[C@]4(C)C3CC[C@@]21C. The van der Waals surface area contributed by atoms with Gasteiger partial charge in [0, 0.05) is 3.92 Å². The average Bonchev–Trinajstić information content (AvgIpc) is 2.99. The van der Waals surface area contributed by atoms with Crippen LogP contribution in [0, 0.1) is 52.3 Å². The fourth-order valence-corrected chi connectivity index (χ4v) is 10.2. The van der Waals surface area contributed by atoms with Gasteiger partial charge in [-0.1, -0.05) is 76.5 Å². The maximum absolute atomic E-state index is 2.75. The molecule has 0 spiro atoms. The lowest BCUT2D eigenvalue weighted by Gasteiger charge is -2.61. The molecule has 4 aliphatic rings. The van der Waals surface area contributed by atoms with E-state index < -0.39 is 0 Å². The molecule has 4 saturated carbocycles. The normalized spacial score (nSPS) is 49.4. The Hall–Kier alpha value is 0.730. The molecule has 1 heteroatoms. The molecule has 5 unspecified atom stereocenters. The first kappa shape index (κ1) is 21.9. The summed E-state index contributed by atoms with van der Waals surface area (Å²) in [6.45, 7) is 12.9. The summed E-state index contributed by atoms with van der Waals surface area (Å²) in [6.07, 6.45) is 18.3. The van der Waals surface area contributed by atoms with E-state index in [1.54, 1.807) is 38.5 Å². The minimum absolute atomic E-state index is 0.669. The maximum atomic E-state index is 2.75. The fraction of sp³-hybridized carbons (Fsp3) is 1.00. The monoisotopic (exact) mass is 498 g/mol. The molecule has 4 fully saturated rings. The van der Waals surface area contributed by atoms with Gasteiger partial charge in [-0.05, 0) is 110 Å². The van der Waals surface area contributed by atoms with E-state index in [0.717, 1.165) is 45.3 Å². The van der Waals surface area contributed by atoms with Gasteiger partial charge in [-0.15, -0.1) is 0 Å². The molecule has 0 aliphatic heterocycles. The molecule has 0 amide bonds. The minimum Gasteiger partial charge on any atom is -0.0826 e. The van der Waals surface area contributed by atoms with Crippen molar-refractivity contribution in [1.29, 1.82) is 0 Å². The Labute approximate surface area is 189 Å². The molecule has 4 aliphatic carbocycles. The average molecular weight is 499 g/mol. The van der Waals surface area contributed by atoms with Crippen LogP contribution in [-0.2, 0) is 0 Å². The highest BCUT2D eigenvalue weighted by atomic mass is 127. The molecule has 9 atom stereocenters. The second-order valence-electron chi connectivity index (χ2n) is 12.6. The molecular weight excluding hydrogens is 451 g/mol. The summed E-state index contributed by atoms with van der Waals surface area (Å²) in [4.78, 5) is 0. The van der Waals surface area contributed by atoms with E-state index in [9.17, 15) is 0 Å². The predicted molar refractivity (Wildman–Crippen MR) is 131 cm³/mol. The number of fused-ring (bicyclic) bond motifs is 5. The Bertz CT molecular complexity index is 540. The molecule has 0 bridgehead atoms. The summed E-state index contributed by atoms with van der Waals surface area (Å²) >= 11 is 2.75. The number of hydrogen-bond donors (Lipinski definition) is 0. The van der Waals surface area contributed by atoms with Gasteiger partial charge in [0.25, 0.3) is 0 Å². The molecule has 162 valence electrons. The zero-order chi connectivity index (χ0) is 20.1. The van der Waals surface area contributed by atoms with Gasteiger partial charge in [0.15, 0.2) is 0 Å². The molecule has 0 nitrogen and oxygen atoms in total. The third kappa shape index (κ3) is 3.75. The van der Waals surface area contributed by atoms with Crippen molar-refractivity contribution in [2.75, 3.05) is 0 Å². The van der Waals surface area contributed by atoms with E-state index in [4.69, 9.17) is 0 Å². The van der Waals surface area contributed by atoms with E-state index >= 15 is 0 Å². The third-order valence-electron chi connectivity index (χ3n) is 10.8. The zero-order valence-corrected chi connectivity index (χ0v) is 21.6. The van der Waals surface area contributed by atoms with Gasteiger partial charge in [-0.25, -0.2) is 0 Å². The van der Waals surface area contributed by atoms with Crippen LogP contribution in [0.1, 0.15) is 112 Å². The first-order valence-corrected chi connectivity index (χ1v) is 14.1. The van der Waals surface area contributed by atoms with Crippen LogP contribution in [0.15, 0.2) is 0 Å². The van der Waals surface area contributed by atoms with E-state index in [0.29, 0.717) is 10.8 Å². The van der Waals surface area contributed by atoms with Gasteiger partial charge in [-0.3, -0.25) is 0 Å². The van der Waals surface area contributed by atoms with Gasteiger partial charge in [0.2, 0.25) is 0 Å². The fourth-order valence-electron chi connectivity index (χ4n) is 9.23. The largest absolute Gasteiger partial charge is 0.0826 e. The quantitative estimate of drug-likeness (QED) is 0.262. The summed E-state index contributed by atoms with van der Waals surface area (Å²) in [5, 5.41) is 0. The van der Waals surface area contributed by atoms with E-state index in [1.807, 2.05) is 0 Å². The van der Waals surface area contributed by atoms with Crippen molar-refractivity contribution in [2.24, 2.45) is 52.3 Å². The summed E-state index contributed by atoms with van der Waals surface area (Å²) in [5.74, 6) is 7.07. The standard InChI is InChI=1S/C27H47I/c1-18(2)7-6-8-19(3)23-11-12-24-22-10-9-20-17-21(28)13-15-26(20,4)25(22)14-16-27(23,24)5/h18-25H,6-17H2,1-5H3/t19?,20?,21-,22?,23-,24?,25?,26+,27-/m1/s1. The van der Waals surface area contributed by atoms with Crippen molar-refractivity contribution in [3.05, 3.63) is 0 Å². The van der Waals surface area contributed by atoms with Gasteiger partial charge >= 0.3 is 0 Å². The van der Waals surface area contributed by atoms with Crippen LogP contribution in [0.2, 0.25) is 0 Å². The third-order valence-corrected chi connectivity index (χ3v) is 11.9. The minimum atomic E-state index is 0.669. The van der Waals surface area contributed by atoms with Crippen LogP contribution in [0.3, 0.4) is 0 Å². The second kappa shape index (κ2) is 8.34. The van der Waals surface area contributed by atoms with Crippen molar-refractivity contribution in [1.82, 2.24) is 0 Å². The molecule has 28 heavy (non-hydrogen) atoms. The van der Waals surface area contributed by atoms with Crippen LogP contribution in [0.4, 0.5) is 0 Å². The Morgan fingerprint density at radius 1 is 0.821 bits per heavy atom. The Kier molecular flexibility index (Phi) is 6.54. The molecule has 4 rings (SSSR count). The zero-order valence-electron chi connectivity index (χ0n) is 19.5. The Balaban J connectivity index is 1.46. The van der Waals surface area contributed by atoms with Crippen LogP contribution >= 0.6 is 22.6 Å². The molecule has 0 N–H and O–H groups in total. The van der Waals surface area contributed by atoms with Crippen LogP contribution in [-0.4, -0.2) is 3.92 Å². The predicted octanol–water partition coefficient (Wildman–Crippen LogP) is 8.91. The lowest BCUT2D eigenvalue weighted by Crippen LogP contribution is -2.53. The number of halogens is 1.